The lowest BCUT2D eigenvalue weighted by Crippen LogP contribution is -2.30. The average Bonchev–Trinajstić information content (AvgIpc) is 3.22. The number of allylic oxidation sites excluding steroid dienone is 12. The number of carbonyl (C=O) groups excluding carboxylic acids is 2. The Kier molecular flexibility index (Phi) is 46.5. The maximum atomic E-state index is 12.8. The number of hydrogen-bond acceptors (Lipinski definition) is 5. The first-order valence-electron chi connectivity index (χ1n) is 24.5. The minimum absolute atomic E-state index is 0.0563. The SMILES string of the molecule is CC/C=C\C/C=C\C/C=C\C/C=C\CCCCC(=O)OCC(COCCCCCCCC/C=C\CCCC)OC(=O)CCCCCCC/C=C\CCCCCCCC. The van der Waals surface area contributed by atoms with Gasteiger partial charge in [0.2, 0.25) is 0 Å². The van der Waals surface area contributed by atoms with Crippen molar-refractivity contribution in [3.8, 4) is 0 Å². The van der Waals surface area contributed by atoms with Gasteiger partial charge in [0.25, 0.3) is 0 Å². The van der Waals surface area contributed by atoms with Crippen molar-refractivity contribution in [2.75, 3.05) is 19.8 Å². The van der Waals surface area contributed by atoms with Gasteiger partial charge in [-0.2, -0.15) is 0 Å². The highest BCUT2D eigenvalue weighted by Crippen LogP contribution is 2.13. The van der Waals surface area contributed by atoms with Crippen molar-refractivity contribution in [2.24, 2.45) is 0 Å². The maximum Gasteiger partial charge on any atom is 0.306 e. The normalized spacial score (nSPS) is 12.8. The largest absolute Gasteiger partial charge is 0.462 e. The molecular formula is C53H92O5. The Morgan fingerprint density at radius 2 is 0.793 bits per heavy atom. The van der Waals surface area contributed by atoms with Gasteiger partial charge in [0.15, 0.2) is 6.10 Å². The average molecular weight is 809 g/mol. The molecular weight excluding hydrogens is 717 g/mol. The Bertz CT molecular complexity index is 1050. The molecule has 0 aromatic rings. The molecule has 0 spiro atoms. The Balaban J connectivity index is 4.35. The summed E-state index contributed by atoms with van der Waals surface area (Å²) in [6, 6.07) is 0. The monoisotopic (exact) mass is 809 g/mol. The fourth-order valence-corrected chi connectivity index (χ4v) is 6.53. The molecule has 0 radical (unpaired) electrons. The number of hydrogen-bond donors (Lipinski definition) is 0. The first kappa shape index (κ1) is 55.3. The molecule has 334 valence electrons. The Morgan fingerprint density at radius 3 is 1.34 bits per heavy atom. The van der Waals surface area contributed by atoms with E-state index in [9.17, 15) is 9.59 Å². The van der Waals surface area contributed by atoms with Crippen molar-refractivity contribution in [1.29, 1.82) is 0 Å². The summed E-state index contributed by atoms with van der Waals surface area (Å²) in [6.07, 6.45) is 61.9. The van der Waals surface area contributed by atoms with E-state index >= 15 is 0 Å². The van der Waals surface area contributed by atoms with Gasteiger partial charge in [-0.1, -0.05) is 184 Å². The predicted octanol–water partition coefficient (Wildman–Crippen LogP) is 16.3. The Hall–Kier alpha value is -2.66. The molecule has 0 aliphatic carbocycles. The molecule has 5 heteroatoms. The molecule has 0 saturated heterocycles. The molecule has 1 unspecified atom stereocenters. The van der Waals surface area contributed by atoms with Crippen LogP contribution in [-0.2, 0) is 23.8 Å². The molecule has 0 bridgehead atoms. The van der Waals surface area contributed by atoms with Gasteiger partial charge in [-0.15, -0.1) is 0 Å². The molecule has 0 aromatic heterocycles. The van der Waals surface area contributed by atoms with E-state index in [1.807, 2.05) is 0 Å². The van der Waals surface area contributed by atoms with E-state index in [2.05, 4.69) is 93.7 Å². The lowest BCUT2D eigenvalue weighted by Gasteiger charge is -2.18. The van der Waals surface area contributed by atoms with Crippen LogP contribution in [-0.4, -0.2) is 37.9 Å². The summed E-state index contributed by atoms with van der Waals surface area (Å²) >= 11 is 0. The van der Waals surface area contributed by atoms with Gasteiger partial charge >= 0.3 is 11.9 Å². The maximum absolute atomic E-state index is 12.8. The second kappa shape index (κ2) is 48.7. The van der Waals surface area contributed by atoms with Crippen LogP contribution in [0.2, 0.25) is 0 Å². The smallest absolute Gasteiger partial charge is 0.306 e. The van der Waals surface area contributed by atoms with Crippen molar-refractivity contribution in [3.05, 3.63) is 72.9 Å². The van der Waals surface area contributed by atoms with Gasteiger partial charge in [-0.3, -0.25) is 9.59 Å². The Morgan fingerprint density at radius 1 is 0.397 bits per heavy atom. The lowest BCUT2D eigenvalue weighted by molar-refractivity contribution is -0.163. The summed E-state index contributed by atoms with van der Waals surface area (Å²) in [7, 11) is 0. The molecule has 0 N–H and O–H groups in total. The van der Waals surface area contributed by atoms with Crippen LogP contribution in [0.5, 0.6) is 0 Å². The summed E-state index contributed by atoms with van der Waals surface area (Å²) in [5.41, 5.74) is 0. The zero-order valence-electron chi connectivity index (χ0n) is 38.3. The van der Waals surface area contributed by atoms with Gasteiger partial charge in [0, 0.05) is 19.4 Å². The van der Waals surface area contributed by atoms with E-state index in [0.29, 0.717) is 19.4 Å². The molecule has 5 nitrogen and oxygen atoms in total. The van der Waals surface area contributed by atoms with Crippen molar-refractivity contribution in [1.82, 2.24) is 0 Å². The van der Waals surface area contributed by atoms with Crippen LogP contribution in [0.1, 0.15) is 226 Å². The first-order valence-corrected chi connectivity index (χ1v) is 24.5. The zero-order valence-corrected chi connectivity index (χ0v) is 38.3. The molecule has 58 heavy (non-hydrogen) atoms. The topological polar surface area (TPSA) is 61.8 Å². The van der Waals surface area contributed by atoms with Gasteiger partial charge < -0.3 is 14.2 Å². The number of rotatable bonds is 44. The molecule has 0 rings (SSSR count). The summed E-state index contributed by atoms with van der Waals surface area (Å²) in [5, 5.41) is 0. The minimum atomic E-state index is -0.561. The third-order valence-electron chi connectivity index (χ3n) is 10.2. The number of carbonyl (C=O) groups is 2. The van der Waals surface area contributed by atoms with Crippen LogP contribution in [0.3, 0.4) is 0 Å². The van der Waals surface area contributed by atoms with Crippen molar-refractivity contribution < 1.29 is 23.8 Å². The van der Waals surface area contributed by atoms with Crippen LogP contribution in [0.4, 0.5) is 0 Å². The molecule has 0 saturated carbocycles. The second-order valence-corrected chi connectivity index (χ2v) is 16.0. The zero-order chi connectivity index (χ0) is 42.1. The van der Waals surface area contributed by atoms with E-state index in [1.165, 1.54) is 109 Å². The third-order valence-corrected chi connectivity index (χ3v) is 10.2. The van der Waals surface area contributed by atoms with Crippen LogP contribution < -0.4 is 0 Å². The standard InChI is InChI=1S/C53H92O5/c1-4-7-10-13-16-19-22-25-27-29-31-34-37-40-43-46-52(54)57-50-51(49-56-48-45-42-39-36-33-24-21-18-15-12-9-6-3)58-53(55)47-44-41-38-35-32-30-28-26-23-20-17-14-11-8-5-2/h7,10,15-16,18-19,25-28,31,34,51H,4-6,8-9,11-14,17,20-24,29-30,32-33,35-50H2,1-3H3/b10-7-,18-15-,19-16-,27-25-,28-26-,34-31-. The van der Waals surface area contributed by atoms with Crippen molar-refractivity contribution in [3.63, 3.8) is 0 Å². The van der Waals surface area contributed by atoms with Gasteiger partial charge in [-0.25, -0.2) is 0 Å². The van der Waals surface area contributed by atoms with Gasteiger partial charge in [-0.05, 0) is 103 Å². The van der Waals surface area contributed by atoms with Crippen molar-refractivity contribution >= 4 is 11.9 Å². The molecule has 0 heterocycles. The van der Waals surface area contributed by atoms with E-state index in [0.717, 1.165) is 83.5 Å². The fraction of sp³-hybridized carbons (Fsp3) is 0.736. The van der Waals surface area contributed by atoms with Crippen LogP contribution in [0.25, 0.3) is 0 Å². The number of unbranched alkanes of at least 4 members (excludes halogenated alkanes) is 21. The van der Waals surface area contributed by atoms with Crippen LogP contribution in [0, 0.1) is 0 Å². The molecule has 0 aromatic carbocycles. The molecule has 0 fully saturated rings. The number of esters is 2. The van der Waals surface area contributed by atoms with E-state index in [1.54, 1.807) is 0 Å². The fourth-order valence-electron chi connectivity index (χ4n) is 6.53. The summed E-state index contributed by atoms with van der Waals surface area (Å²) in [4.78, 5) is 25.3. The Labute approximate surface area is 359 Å². The predicted molar refractivity (Wildman–Crippen MR) is 251 cm³/mol. The molecule has 0 aliphatic rings. The summed E-state index contributed by atoms with van der Waals surface area (Å²) in [5.74, 6) is -0.458. The highest BCUT2D eigenvalue weighted by atomic mass is 16.6. The lowest BCUT2D eigenvalue weighted by atomic mass is 10.1. The second-order valence-electron chi connectivity index (χ2n) is 16.0. The molecule has 0 aliphatic heterocycles. The number of ether oxygens (including phenoxy) is 3. The quantitative estimate of drug-likeness (QED) is 0.0348. The summed E-state index contributed by atoms with van der Waals surface area (Å²) in [6.45, 7) is 7.61. The van der Waals surface area contributed by atoms with E-state index < -0.39 is 6.10 Å². The van der Waals surface area contributed by atoms with Crippen molar-refractivity contribution in [2.45, 2.75) is 232 Å². The third kappa shape index (κ3) is 46.0. The van der Waals surface area contributed by atoms with E-state index in [-0.39, 0.29) is 25.2 Å². The molecule has 0 amide bonds. The van der Waals surface area contributed by atoms with Crippen LogP contribution >= 0.6 is 0 Å². The van der Waals surface area contributed by atoms with Crippen LogP contribution in [0.15, 0.2) is 72.9 Å². The summed E-state index contributed by atoms with van der Waals surface area (Å²) < 4.78 is 17.3. The minimum Gasteiger partial charge on any atom is -0.462 e. The highest BCUT2D eigenvalue weighted by Gasteiger charge is 2.17. The van der Waals surface area contributed by atoms with E-state index in [4.69, 9.17) is 14.2 Å². The highest BCUT2D eigenvalue weighted by molar-refractivity contribution is 5.70. The van der Waals surface area contributed by atoms with Gasteiger partial charge in [0.1, 0.15) is 6.61 Å². The first-order chi connectivity index (χ1) is 28.6. The molecule has 1 atom stereocenters. The van der Waals surface area contributed by atoms with Gasteiger partial charge in [0.05, 0.1) is 6.61 Å².